The number of benzene rings is 1. The number of rotatable bonds is 10. The average molecular weight is 1000 g/mol. The Balaban J connectivity index is 0.000000159. The van der Waals surface area contributed by atoms with Crippen molar-refractivity contribution in [1.82, 2.24) is 64.3 Å². The molecule has 0 bridgehead atoms. The van der Waals surface area contributed by atoms with E-state index in [4.69, 9.17) is 0 Å². The van der Waals surface area contributed by atoms with Gasteiger partial charge in [-0.3, -0.25) is 33.7 Å². The molecule has 384 valence electrons. The minimum Gasteiger partial charge on any atom is -0.336 e. The van der Waals surface area contributed by atoms with E-state index in [0.717, 1.165) is 72.1 Å². The Morgan fingerprint density at radius 1 is 0.527 bits per heavy atom. The zero-order valence-corrected chi connectivity index (χ0v) is 41.5. The van der Waals surface area contributed by atoms with Crippen LogP contribution < -0.4 is 22.0 Å². The fourth-order valence-electron chi connectivity index (χ4n) is 11.0. The van der Waals surface area contributed by atoms with Crippen LogP contribution in [0.25, 0.3) is 33.5 Å². The molecule has 9 heterocycles. The molecule has 2 saturated heterocycles. The van der Waals surface area contributed by atoms with Gasteiger partial charge in [0.2, 0.25) is 11.8 Å². The molecule has 4 aliphatic heterocycles. The predicted octanol–water partition coefficient (Wildman–Crippen LogP) is 5.73. The van der Waals surface area contributed by atoms with Gasteiger partial charge in [-0.05, 0) is 135 Å². The van der Waals surface area contributed by atoms with E-state index in [1.807, 2.05) is 64.4 Å². The first-order valence-corrected chi connectivity index (χ1v) is 26.3. The van der Waals surface area contributed by atoms with E-state index in [0.29, 0.717) is 101 Å². The number of imidazole rings is 2. The number of carbonyl (C=O) groups excluding carboxylic acids is 4. The SMILES string of the molecule is O=C(N[C@@H]1CC=C(c2ccccc2)CN(CC2CC2)C1=O)N1CCC(n2c(=O)[nH]c3ncccc32)CC1.O=C(N[C@@H]1CC=C(c2ccncc2)CN(CC2CC2)C1=O)N1CCC(n2c(=O)[nH]c3ncccc32)CC1. The number of H-pyrrole nitrogens is 2. The largest absolute Gasteiger partial charge is 0.336 e. The highest BCUT2D eigenvalue weighted by Gasteiger charge is 2.37. The standard InChI is InChI=1S/C28H32N6O3.C27H31N7O3/c35-26-23(11-10-21(20-5-2-1-3-6-20)18-33(26)17-19-8-9-19)30-27(36)32-15-12-22(13-16-32)34-24-7-4-14-29-25(24)31-28(34)37;35-25-22(6-5-20(19-7-12-28-13-8-19)17-33(25)16-18-3-4-18)30-26(36)32-14-9-21(10-15-32)34-23-2-1-11-29-24(23)31-27(34)37/h1-7,10,14,19,22-23H,8-9,11-13,15-18H2,(H,30,36)(H,29,31,37);1-2,5,7-8,11-13,18,21-22H,3-4,6,9-10,14-17H2,(H,30,36)(H,29,31,37)/t23-;22-/m11/s1. The molecule has 12 rings (SSSR count). The van der Waals surface area contributed by atoms with E-state index in [9.17, 15) is 28.8 Å². The van der Waals surface area contributed by atoms with Crippen LogP contribution in [0.15, 0.2) is 113 Å². The van der Waals surface area contributed by atoms with Crippen LogP contribution in [-0.4, -0.2) is 142 Å². The van der Waals surface area contributed by atoms with E-state index >= 15 is 0 Å². The zero-order chi connectivity index (χ0) is 50.7. The van der Waals surface area contributed by atoms with Gasteiger partial charge in [0.15, 0.2) is 11.3 Å². The van der Waals surface area contributed by atoms with Crippen LogP contribution in [0.5, 0.6) is 0 Å². The number of pyridine rings is 3. The molecule has 2 saturated carbocycles. The molecule has 19 nitrogen and oxygen atoms in total. The lowest BCUT2D eigenvalue weighted by molar-refractivity contribution is -0.133. The van der Waals surface area contributed by atoms with Gasteiger partial charge in [0.05, 0.1) is 11.0 Å². The first kappa shape index (κ1) is 48.4. The third kappa shape index (κ3) is 10.8. The lowest BCUT2D eigenvalue weighted by Crippen LogP contribution is -2.53. The van der Waals surface area contributed by atoms with Crippen LogP contribution in [0.4, 0.5) is 9.59 Å². The van der Waals surface area contributed by atoms with Gasteiger partial charge in [-0.2, -0.15) is 0 Å². The molecule has 2 aliphatic carbocycles. The van der Waals surface area contributed by atoms with Gasteiger partial charge in [0.1, 0.15) is 12.1 Å². The Morgan fingerprint density at radius 3 is 1.39 bits per heavy atom. The van der Waals surface area contributed by atoms with Crippen molar-refractivity contribution in [3.63, 3.8) is 0 Å². The maximum atomic E-state index is 13.5. The summed E-state index contributed by atoms with van der Waals surface area (Å²) in [4.78, 5) is 104. The van der Waals surface area contributed by atoms with Crippen LogP contribution in [0, 0.1) is 11.8 Å². The highest BCUT2D eigenvalue weighted by molar-refractivity contribution is 5.91. The molecule has 4 N–H and O–H groups in total. The number of aromatic amines is 2. The third-order valence-electron chi connectivity index (χ3n) is 15.5. The fraction of sp³-hybridized carbons (Fsp3) is 0.436. The van der Waals surface area contributed by atoms with Crippen LogP contribution in [0.1, 0.15) is 87.4 Å². The number of carbonyl (C=O) groups is 4. The lowest BCUT2D eigenvalue weighted by atomic mass is 10.0. The first-order chi connectivity index (χ1) is 36.1. The minimum atomic E-state index is -0.592. The summed E-state index contributed by atoms with van der Waals surface area (Å²) in [5.41, 5.74) is 6.79. The molecule has 6 aromatic rings. The summed E-state index contributed by atoms with van der Waals surface area (Å²) in [6.45, 7) is 4.67. The molecule has 0 radical (unpaired) electrons. The van der Waals surface area contributed by atoms with Crippen molar-refractivity contribution < 1.29 is 19.2 Å². The Kier molecular flexibility index (Phi) is 14.0. The summed E-state index contributed by atoms with van der Waals surface area (Å²) in [7, 11) is 0. The Bertz CT molecular complexity index is 2980. The van der Waals surface area contributed by atoms with Crippen molar-refractivity contribution in [2.45, 2.75) is 88.4 Å². The molecule has 19 heteroatoms. The summed E-state index contributed by atoms with van der Waals surface area (Å²) < 4.78 is 3.52. The van der Waals surface area contributed by atoms with E-state index in [1.165, 1.54) is 0 Å². The number of nitrogens with zero attached hydrogens (tertiary/aromatic N) is 9. The van der Waals surface area contributed by atoms with Gasteiger partial charge in [-0.15, -0.1) is 0 Å². The second-order valence-electron chi connectivity index (χ2n) is 20.6. The van der Waals surface area contributed by atoms with E-state index in [1.54, 1.807) is 43.7 Å². The molecule has 2 atom stereocenters. The number of likely N-dealkylation sites (tertiary alicyclic amines) is 2. The van der Waals surface area contributed by atoms with E-state index in [2.05, 4.69) is 59.8 Å². The molecule has 0 spiro atoms. The van der Waals surface area contributed by atoms with Crippen molar-refractivity contribution >= 4 is 57.4 Å². The van der Waals surface area contributed by atoms with Crippen molar-refractivity contribution in [3.05, 3.63) is 136 Å². The average Bonchev–Trinajstić information content (AvgIpc) is 4.38. The smallest absolute Gasteiger partial charge is 0.327 e. The quantitative estimate of drug-likeness (QED) is 0.132. The lowest BCUT2D eigenvalue weighted by Gasteiger charge is -2.34. The van der Waals surface area contributed by atoms with Crippen LogP contribution in [0.3, 0.4) is 0 Å². The second kappa shape index (κ2) is 21.3. The number of hydrogen-bond acceptors (Lipinski definition) is 9. The molecule has 4 fully saturated rings. The molecular weight excluding hydrogens is 939 g/mol. The van der Waals surface area contributed by atoms with Crippen LogP contribution in [0.2, 0.25) is 0 Å². The third-order valence-corrected chi connectivity index (χ3v) is 15.5. The maximum absolute atomic E-state index is 13.5. The fourth-order valence-corrected chi connectivity index (χ4v) is 11.0. The van der Waals surface area contributed by atoms with Gasteiger partial charge in [0, 0.05) is 89.2 Å². The van der Waals surface area contributed by atoms with Gasteiger partial charge < -0.3 is 30.2 Å². The van der Waals surface area contributed by atoms with Gasteiger partial charge in [-0.25, -0.2) is 29.1 Å². The van der Waals surface area contributed by atoms with Crippen LogP contribution in [-0.2, 0) is 9.59 Å². The summed E-state index contributed by atoms with van der Waals surface area (Å²) in [5, 5.41) is 6.05. The van der Waals surface area contributed by atoms with Crippen molar-refractivity contribution in [3.8, 4) is 0 Å². The predicted molar refractivity (Wildman–Crippen MR) is 280 cm³/mol. The van der Waals surface area contributed by atoms with Crippen LogP contribution >= 0.6 is 0 Å². The Hall–Kier alpha value is -7.83. The van der Waals surface area contributed by atoms with Gasteiger partial charge >= 0.3 is 23.4 Å². The number of urea groups is 2. The second-order valence-corrected chi connectivity index (χ2v) is 20.6. The number of hydrogen-bond donors (Lipinski definition) is 4. The van der Waals surface area contributed by atoms with Gasteiger partial charge in [-0.1, -0.05) is 42.5 Å². The topological polar surface area (TPSA) is 220 Å². The van der Waals surface area contributed by atoms with E-state index in [-0.39, 0.29) is 47.3 Å². The van der Waals surface area contributed by atoms with E-state index < -0.39 is 12.1 Å². The number of nitrogens with one attached hydrogen (secondary N) is 4. The highest BCUT2D eigenvalue weighted by Crippen LogP contribution is 2.34. The molecule has 6 amide bonds. The van der Waals surface area contributed by atoms with Crippen molar-refractivity contribution in [2.24, 2.45) is 11.8 Å². The number of amides is 6. The first-order valence-electron chi connectivity index (χ1n) is 26.3. The Morgan fingerprint density at radius 2 is 0.959 bits per heavy atom. The molecule has 6 aliphatic rings. The number of aromatic nitrogens is 7. The van der Waals surface area contributed by atoms with Gasteiger partial charge in [0.25, 0.3) is 0 Å². The summed E-state index contributed by atoms with van der Waals surface area (Å²) in [6.07, 6.45) is 19.2. The summed E-state index contributed by atoms with van der Waals surface area (Å²) in [6, 6.07) is 19.9. The summed E-state index contributed by atoms with van der Waals surface area (Å²) in [5.74, 6) is 1.10. The van der Waals surface area contributed by atoms with Crippen molar-refractivity contribution in [2.75, 3.05) is 52.4 Å². The number of piperidine rings is 2. The molecule has 1 aromatic carbocycles. The molecule has 5 aromatic heterocycles. The monoisotopic (exact) mass is 1000 g/mol. The maximum Gasteiger partial charge on any atom is 0.327 e. The molecular formula is C55H63N13O6. The molecule has 0 unspecified atom stereocenters. The minimum absolute atomic E-state index is 0.000546. The number of fused-ring (bicyclic) bond motifs is 2. The highest BCUT2D eigenvalue weighted by atomic mass is 16.2. The zero-order valence-electron chi connectivity index (χ0n) is 41.5. The summed E-state index contributed by atoms with van der Waals surface area (Å²) >= 11 is 0. The normalized spacial score (nSPS) is 21.1. The van der Waals surface area contributed by atoms with Crippen molar-refractivity contribution in [1.29, 1.82) is 0 Å². The molecule has 74 heavy (non-hydrogen) atoms. The Labute approximate surface area is 427 Å².